The molecule has 0 aliphatic rings. The second-order valence-electron chi connectivity index (χ2n) is 6.35. The Labute approximate surface area is 160 Å². The lowest BCUT2D eigenvalue weighted by atomic mass is 10.0. The quantitative estimate of drug-likeness (QED) is 0.512. The maximum absolute atomic E-state index is 12.8. The van der Waals surface area contributed by atoms with E-state index in [0.717, 1.165) is 10.8 Å². The minimum atomic E-state index is -0.456. The van der Waals surface area contributed by atoms with E-state index in [1.165, 1.54) is 6.07 Å². The Morgan fingerprint density at radius 3 is 2.54 bits per heavy atom. The summed E-state index contributed by atoms with van der Waals surface area (Å²) in [5.41, 5.74) is 1.82. The first-order valence-corrected chi connectivity index (χ1v) is 8.71. The first-order valence-electron chi connectivity index (χ1n) is 8.71. The molecule has 3 N–H and O–H groups in total. The third-order valence-corrected chi connectivity index (χ3v) is 4.57. The summed E-state index contributed by atoms with van der Waals surface area (Å²) in [7, 11) is 1.56. The predicted molar refractivity (Wildman–Crippen MR) is 109 cm³/mol. The standard InChI is InChI=1S/C22H17N3O3/c1-23-21(27)15-8-7-14-12-19(26)17(11-16(14)10-15)22(28)25-18-6-2-4-13-5-3-9-24-20(13)18/h2-12,26H,1H3,(H,23,27)(H,25,28). The molecule has 0 radical (unpaired) electrons. The van der Waals surface area contributed by atoms with Gasteiger partial charge in [0.1, 0.15) is 5.75 Å². The zero-order valence-corrected chi connectivity index (χ0v) is 15.1. The van der Waals surface area contributed by atoms with Gasteiger partial charge in [0.2, 0.25) is 0 Å². The monoisotopic (exact) mass is 371 g/mol. The molecule has 6 heteroatoms. The Morgan fingerprint density at radius 1 is 0.893 bits per heavy atom. The van der Waals surface area contributed by atoms with Crippen LogP contribution in [0.15, 0.2) is 66.9 Å². The van der Waals surface area contributed by atoms with E-state index in [4.69, 9.17) is 0 Å². The van der Waals surface area contributed by atoms with E-state index in [1.807, 2.05) is 24.3 Å². The molecule has 0 aliphatic carbocycles. The number of hydrogen-bond donors (Lipinski definition) is 3. The first-order chi connectivity index (χ1) is 13.6. The average Bonchev–Trinajstić information content (AvgIpc) is 2.72. The highest BCUT2D eigenvalue weighted by Gasteiger charge is 2.15. The van der Waals surface area contributed by atoms with Crippen molar-refractivity contribution in [3.63, 3.8) is 0 Å². The van der Waals surface area contributed by atoms with Crippen LogP contribution in [0.4, 0.5) is 5.69 Å². The molecule has 2 amide bonds. The van der Waals surface area contributed by atoms with E-state index in [1.54, 1.807) is 43.6 Å². The van der Waals surface area contributed by atoms with Crippen LogP contribution in [0.1, 0.15) is 20.7 Å². The fraction of sp³-hybridized carbons (Fsp3) is 0.0455. The SMILES string of the molecule is CNC(=O)c1ccc2cc(O)c(C(=O)Nc3cccc4cccnc34)cc2c1. The Morgan fingerprint density at radius 2 is 1.71 bits per heavy atom. The number of fused-ring (bicyclic) bond motifs is 2. The smallest absolute Gasteiger partial charge is 0.259 e. The number of phenols is 1. The highest BCUT2D eigenvalue weighted by Crippen LogP contribution is 2.28. The van der Waals surface area contributed by atoms with Crippen molar-refractivity contribution in [2.75, 3.05) is 12.4 Å². The lowest BCUT2D eigenvalue weighted by molar-refractivity contribution is 0.0962. The van der Waals surface area contributed by atoms with Gasteiger partial charge in [-0.3, -0.25) is 14.6 Å². The van der Waals surface area contributed by atoms with Gasteiger partial charge in [0.15, 0.2) is 0 Å². The van der Waals surface area contributed by atoms with Gasteiger partial charge in [-0.15, -0.1) is 0 Å². The molecular weight excluding hydrogens is 354 g/mol. The van der Waals surface area contributed by atoms with E-state index < -0.39 is 5.91 Å². The van der Waals surface area contributed by atoms with Crippen molar-refractivity contribution in [1.82, 2.24) is 10.3 Å². The molecule has 0 atom stereocenters. The molecule has 0 aliphatic heterocycles. The predicted octanol–water partition coefficient (Wildman–Crippen LogP) is 3.71. The van der Waals surface area contributed by atoms with Gasteiger partial charge in [0.25, 0.3) is 11.8 Å². The molecular formula is C22H17N3O3. The molecule has 4 rings (SSSR count). The fourth-order valence-corrected chi connectivity index (χ4v) is 3.15. The number of pyridine rings is 1. The van der Waals surface area contributed by atoms with Crippen LogP contribution < -0.4 is 10.6 Å². The Bertz CT molecular complexity index is 1230. The molecule has 0 saturated carbocycles. The van der Waals surface area contributed by atoms with Crippen LogP contribution in [-0.2, 0) is 0 Å². The summed E-state index contributed by atoms with van der Waals surface area (Å²) < 4.78 is 0. The van der Waals surface area contributed by atoms with Crippen LogP contribution in [0.2, 0.25) is 0 Å². The number of hydrogen-bond acceptors (Lipinski definition) is 4. The fourth-order valence-electron chi connectivity index (χ4n) is 3.15. The number of nitrogens with zero attached hydrogens (tertiary/aromatic N) is 1. The maximum atomic E-state index is 12.8. The summed E-state index contributed by atoms with van der Waals surface area (Å²) >= 11 is 0. The number of benzene rings is 3. The van der Waals surface area contributed by atoms with Crippen molar-refractivity contribution in [2.45, 2.75) is 0 Å². The van der Waals surface area contributed by atoms with E-state index in [2.05, 4.69) is 15.6 Å². The summed E-state index contributed by atoms with van der Waals surface area (Å²) in [6.45, 7) is 0. The number of carbonyl (C=O) groups is 2. The second-order valence-corrected chi connectivity index (χ2v) is 6.35. The Balaban J connectivity index is 1.73. The number of anilines is 1. The number of para-hydroxylation sites is 1. The minimum absolute atomic E-state index is 0.120. The van der Waals surface area contributed by atoms with Crippen molar-refractivity contribution >= 4 is 39.2 Å². The first kappa shape index (κ1) is 17.5. The highest BCUT2D eigenvalue weighted by atomic mass is 16.3. The second kappa shape index (κ2) is 7.00. The number of nitrogens with one attached hydrogen (secondary N) is 2. The third-order valence-electron chi connectivity index (χ3n) is 4.57. The van der Waals surface area contributed by atoms with E-state index in [9.17, 15) is 14.7 Å². The number of aromatic hydroxyl groups is 1. The topological polar surface area (TPSA) is 91.3 Å². The number of carbonyl (C=O) groups excluding carboxylic acids is 2. The van der Waals surface area contributed by atoms with Crippen molar-refractivity contribution in [2.24, 2.45) is 0 Å². The molecule has 28 heavy (non-hydrogen) atoms. The summed E-state index contributed by atoms with van der Waals surface area (Å²) in [4.78, 5) is 29.0. The minimum Gasteiger partial charge on any atom is -0.507 e. The largest absolute Gasteiger partial charge is 0.507 e. The van der Waals surface area contributed by atoms with Gasteiger partial charge >= 0.3 is 0 Å². The van der Waals surface area contributed by atoms with Crippen LogP contribution in [-0.4, -0.2) is 29.0 Å². The van der Waals surface area contributed by atoms with Crippen LogP contribution in [0, 0.1) is 0 Å². The summed E-state index contributed by atoms with van der Waals surface area (Å²) in [6.07, 6.45) is 1.66. The zero-order valence-electron chi connectivity index (χ0n) is 15.1. The molecule has 1 aromatic heterocycles. The third kappa shape index (κ3) is 3.12. The van der Waals surface area contributed by atoms with E-state index in [0.29, 0.717) is 22.2 Å². The van der Waals surface area contributed by atoms with Gasteiger partial charge in [-0.2, -0.15) is 0 Å². The van der Waals surface area contributed by atoms with Crippen molar-refractivity contribution in [3.05, 3.63) is 78.0 Å². The van der Waals surface area contributed by atoms with Crippen molar-refractivity contribution < 1.29 is 14.7 Å². The molecule has 6 nitrogen and oxygen atoms in total. The van der Waals surface area contributed by atoms with Gasteiger partial charge < -0.3 is 15.7 Å². The average molecular weight is 371 g/mol. The van der Waals surface area contributed by atoms with Gasteiger partial charge in [-0.25, -0.2) is 0 Å². The van der Waals surface area contributed by atoms with Crippen LogP contribution in [0.5, 0.6) is 5.75 Å². The molecule has 0 fully saturated rings. The molecule has 4 aromatic rings. The lowest BCUT2D eigenvalue weighted by Gasteiger charge is -2.11. The van der Waals surface area contributed by atoms with E-state index >= 15 is 0 Å². The van der Waals surface area contributed by atoms with Gasteiger partial charge in [-0.05, 0) is 47.2 Å². The number of amides is 2. The molecule has 1 heterocycles. The molecule has 0 bridgehead atoms. The van der Waals surface area contributed by atoms with Crippen molar-refractivity contribution in [1.29, 1.82) is 0 Å². The van der Waals surface area contributed by atoms with E-state index in [-0.39, 0.29) is 17.2 Å². The highest BCUT2D eigenvalue weighted by molar-refractivity contribution is 6.11. The maximum Gasteiger partial charge on any atom is 0.259 e. The molecule has 0 spiro atoms. The number of aromatic nitrogens is 1. The van der Waals surface area contributed by atoms with Gasteiger partial charge in [0.05, 0.1) is 16.8 Å². The summed E-state index contributed by atoms with van der Waals surface area (Å²) in [6, 6.07) is 17.4. The lowest BCUT2D eigenvalue weighted by Crippen LogP contribution is -2.17. The molecule has 138 valence electrons. The summed E-state index contributed by atoms with van der Waals surface area (Å²) in [5.74, 6) is -0.809. The van der Waals surface area contributed by atoms with Crippen molar-refractivity contribution in [3.8, 4) is 5.75 Å². The number of rotatable bonds is 3. The van der Waals surface area contributed by atoms with Crippen LogP contribution in [0.25, 0.3) is 21.7 Å². The van der Waals surface area contributed by atoms with Gasteiger partial charge in [0, 0.05) is 24.2 Å². The van der Waals surface area contributed by atoms with Crippen LogP contribution >= 0.6 is 0 Å². The van der Waals surface area contributed by atoms with Gasteiger partial charge in [-0.1, -0.05) is 24.3 Å². The number of phenolic OH excluding ortho intramolecular Hbond substituents is 1. The molecule has 3 aromatic carbocycles. The van der Waals surface area contributed by atoms with Crippen LogP contribution in [0.3, 0.4) is 0 Å². The molecule has 0 saturated heterocycles. The zero-order chi connectivity index (χ0) is 19.7. The molecule has 0 unspecified atom stereocenters. The normalized spacial score (nSPS) is 10.8. The Kier molecular flexibility index (Phi) is 4.37. The Hall–Kier alpha value is -3.93. The summed E-state index contributed by atoms with van der Waals surface area (Å²) in [5, 5.41) is 18.0.